The molecule has 1 N–H and O–H groups in total. The summed E-state index contributed by atoms with van der Waals surface area (Å²) < 4.78 is 26.6. The topological polar surface area (TPSA) is 29.1 Å². The van der Waals surface area contributed by atoms with Crippen LogP contribution in [0.4, 0.5) is 14.5 Å². The van der Waals surface area contributed by atoms with Crippen LogP contribution in [-0.2, 0) is 6.42 Å². The standard InChI is InChI=1S/C17H17F2NO/c1-2-3-4-12-5-8-14(9-6-12)20-17(21)15-11-13(18)7-10-16(15)19/h5-11H,2-4H2,1H3,(H,20,21). The van der Waals surface area contributed by atoms with Crippen LogP contribution in [0.2, 0.25) is 0 Å². The van der Waals surface area contributed by atoms with Gasteiger partial charge in [-0.05, 0) is 48.7 Å². The van der Waals surface area contributed by atoms with E-state index in [1.807, 2.05) is 12.1 Å². The molecule has 0 heterocycles. The van der Waals surface area contributed by atoms with Crippen molar-refractivity contribution in [3.05, 3.63) is 65.2 Å². The van der Waals surface area contributed by atoms with Gasteiger partial charge in [0.1, 0.15) is 11.6 Å². The summed E-state index contributed by atoms with van der Waals surface area (Å²) in [5, 5.41) is 2.56. The van der Waals surface area contributed by atoms with E-state index in [0.29, 0.717) is 5.69 Å². The summed E-state index contributed by atoms with van der Waals surface area (Å²) in [6.45, 7) is 2.13. The third kappa shape index (κ3) is 4.12. The van der Waals surface area contributed by atoms with Gasteiger partial charge in [0.15, 0.2) is 0 Å². The van der Waals surface area contributed by atoms with Gasteiger partial charge in [-0.25, -0.2) is 8.78 Å². The third-order valence-corrected chi connectivity index (χ3v) is 3.20. The highest BCUT2D eigenvalue weighted by Crippen LogP contribution is 2.15. The van der Waals surface area contributed by atoms with Crippen molar-refractivity contribution in [1.29, 1.82) is 0 Å². The van der Waals surface area contributed by atoms with Crippen LogP contribution in [-0.4, -0.2) is 5.91 Å². The van der Waals surface area contributed by atoms with E-state index >= 15 is 0 Å². The smallest absolute Gasteiger partial charge is 0.258 e. The summed E-state index contributed by atoms with van der Waals surface area (Å²) in [6.07, 6.45) is 3.22. The monoisotopic (exact) mass is 289 g/mol. The molecule has 2 rings (SSSR count). The lowest BCUT2D eigenvalue weighted by atomic mass is 10.1. The van der Waals surface area contributed by atoms with E-state index in [4.69, 9.17) is 0 Å². The predicted molar refractivity (Wildman–Crippen MR) is 79.4 cm³/mol. The number of aryl methyl sites for hydroxylation is 1. The van der Waals surface area contributed by atoms with E-state index in [9.17, 15) is 13.6 Å². The Kier molecular flexibility index (Phi) is 5.04. The number of halogens is 2. The fraction of sp³-hybridized carbons (Fsp3) is 0.235. The molecule has 0 saturated heterocycles. The first-order chi connectivity index (χ1) is 10.1. The minimum atomic E-state index is -0.742. The fourth-order valence-electron chi connectivity index (χ4n) is 2.01. The number of anilines is 1. The van der Waals surface area contributed by atoms with Gasteiger partial charge in [-0.15, -0.1) is 0 Å². The number of carbonyl (C=O) groups is 1. The molecule has 0 aliphatic carbocycles. The van der Waals surface area contributed by atoms with Gasteiger partial charge in [0.25, 0.3) is 5.91 Å². The maximum atomic E-state index is 13.5. The van der Waals surface area contributed by atoms with Crippen LogP contribution in [0.15, 0.2) is 42.5 Å². The zero-order valence-electron chi connectivity index (χ0n) is 11.8. The van der Waals surface area contributed by atoms with E-state index in [0.717, 1.165) is 37.5 Å². The molecule has 110 valence electrons. The molecule has 2 aromatic carbocycles. The molecule has 0 atom stereocenters. The molecule has 0 radical (unpaired) electrons. The molecule has 4 heteroatoms. The van der Waals surface area contributed by atoms with Crippen LogP contribution in [0.3, 0.4) is 0 Å². The molecule has 2 nitrogen and oxygen atoms in total. The van der Waals surface area contributed by atoms with Crippen LogP contribution >= 0.6 is 0 Å². The lowest BCUT2D eigenvalue weighted by Gasteiger charge is -2.07. The normalized spacial score (nSPS) is 10.4. The number of amides is 1. The van der Waals surface area contributed by atoms with Crippen molar-refractivity contribution in [3.8, 4) is 0 Å². The Bertz CT molecular complexity index is 623. The average molecular weight is 289 g/mol. The van der Waals surface area contributed by atoms with E-state index in [1.165, 1.54) is 5.56 Å². The third-order valence-electron chi connectivity index (χ3n) is 3.20. The lowest BCUT2D eigenvalue weighted by Crippen LogP contribution is -2.14. The quantitative estimate of drug-likeness (QED) is 0.859. The van der Waals surface area contributed by atoms with Crippen molar-refractivity contribution in [2.75, 3.05) is 5.32 Å². The second-order valence-corrected chi connectivity index (χ2v) is 4.88. The Balaban J connectivity index is 2.07. The van der Waals surface area contributed by atoms with Crippen molar-refractivity contribution in [1.82, 2.24) is 0 Å². The molecule has 0 fully saturated rings. The highest BCUT2D eigenvalue weighted by molar-refractivity contribution is 6.04. The number of hydrogen-bond donors (Lipinski definition) is 1. The molecule has 0 saturated carbocycles. The summed E-state index contributed by atoms with van der Waals surface area (Å²) in [7, 11) is 0. The van der Waals surface area contributed by atoms with Crippen molar-refractivity contribution in [2.45, 2.75) is 26.2 Å². The summed E-state index contributed by atoms with van der Waals surface area (Å²) in [5.41, 5.74) is 1.45. The molecule has 0 spiro atoms. The van der Waals surface area contributed by atoms with E-state index in [2.05, 4.69) is 12.2 Å². The second kappa shape index (κ2) is 6.97. The predicted octanol–water partition coefficient (Wildman–Crippen LogP) is 4.56. The first kappa shape index (κ1) is 15.2. The Hall–Kier alpha value is -2.23. The number of carbonyl (C=O) groups excluding carboxylic acids is 1. The molecular weight excluding hydrogens is 272 g/mol. The van der Waals surface area contributed by atoms with Crippen molar-refractivity contribution in [3.63, 3.8) is 0 Å². The minimum Gasteiger partial charge on any atom is -0.322 e. The van der Waals surface area contributed by atoms with Crippen LogP contribution in [0, 0.1) is 11.6 Å². The summed E-state index contributed by atoms with van der Waals surface area (Å²) in [4.78, 5) is 11.9. The van der Waals surface area contributed by atoms with Crippen LogP contribution in [0.1, 0.15) is 35.7 Å². The van der Waals surface area contributed by atoms with Gasteiger partial charge >= 0.3 is 0 Å². The maximum Gasteiger partial charge on any atom is 0.258 e. The molecule has 0 bridgehead atoms. The molecule has 2 aromatic rings. The van der Waals surface area contributed by atoms with Gasteiger partial charge in [0.2, 0.25) is 0 Å². The fourth-order valence-corrected chi connectivity index (χ4v) is 2.01. The van der Waals surface area contributed by atoms with Gasteiger partial charge in [0.05, 0.1) is 5.56 Å². The molecule has 21 heavy (non-hydrogen) atoms. The summed E-state index contributed by atoms with van der Waals surface area (Å²) in [6, 6.07) is 10.2. The molecule has 0 aliphatic heterocycles. The molecule has 0 aliphatic rings. The van der Waals surface area contributed by atoms with E-state index in [1.54, 1.807) is 12.1 Å². The van der Waals surface area contributed by atoms with Crippen LogP contribution in [0.5, 0.6) is 0 Å². The van der Waals surface area contributed by atoms with Crippen molar-refractivity contribution >= 4 is 11.6 Å². The van der Waals surface area contributed by atoms with E-state index < -0.39 is 17.5 Å². The van der Waals surface area contributed by atoms with Crippen molar-refractivity contribution in [2.24, 2.45) is 0 Å². The summed E-state index contributed by atoms with van der Waals surface area (Å²) >= 11 is 0. The largest absolute Gasteiger partial charge is 0.322 e. The Morgan fingerprint density at radius 3 is 2.48 bits per heavy atom. The summed E-state index contributed by atoms with van der Waals surface area (Å²) in [5.74, 6) is -2.04. The molecular formula is C17H17F2NO. The number of rotatable bonds is 5. The number of benzene rings is 2. The second-order valence-electron chi connectivity index (χ2n) is 4.88. The highest BCUT2D eigenvalue weighted by Gasteiger charge is 2.12. The Morgan fingerprint density at radius 1 is 1.10 bits per heavy atom. The molecule has 0 unspecified atom stereocenters. The maximum absolute atomic E-state index is 13.5. The molecule has 0 aromatic heterocycles. The first-order valence-corrected chi connectivity index (χ1v) is 6.95. The SMILES string of the molecule is CCCCc1ccc(NC(=O)c2cc(F)ccc2F)cc1. The van der Waals surface area contributed by atoms with Gasteiger partial charge in [0, 0.05) is 5.69 Å². The number of hydrogen-bond acceptors (Lipinski definition) is 1. The first-order valence-electron chi connectivity index (χ1n) is 6.95. The zero-order valence-corrected chi connectivity index (χ0v) is 11.8. The molecule has 1 amide bonds. The zero-order chi connectivity index (χ0) is 15.2. The highest BCUT2D eigenvalue weighted by atomic mass is 19.1. The average Bonchev–Trinajstić information content (AvgIpc) is 2.49. The van der Waals surface area contributed by atoms with Gasteiger partial charge in [-0.3, -0.25) is 4.79 Å². The van der Waals surface area contributed by atoms with Gasteiger partial charge in [-0.1, -0.05) is 25.5 Å². The Morgan fingerprint density at radius 2 is 1.81 bits per heavy atom. The Labute approximate surface area is 122 Å². The lowest BCUT2D eigenvalue weighted by molar-refractivity contribution is 0.102. The van der Waals surface area contributed by atoms with E-state index in [-0.39, 0.29) is 5.56 Å². The van der Waals surface area contributed by atoms with Crippen LogP contribution < -0.4 is 5.32 Å². The van der Waals surface area contributed by atoms with Gasteiger partial charge in [-0.2, -0.15) is 0 Å². The van der Waals surface area contributed by atoms with Gasteiger partial charge < -0.3 is 5.32 Å². The van der Waals surface area contributed by atoms with Crippen molar-refractivity contribution < 1.29 is 13.6 Å². The van der Waals surface area contributed by atoms with Crippen LogP contribution in [0.25, 0.3) is 0 Å². The number of nitrogens with one attached hydrogen (secondary N) is 1. The number of unbranched alkanes of at least 4 members (excludes halogenated alkanes) is 1. The minimum absolute atomic E-state index is 0.301.